The minimum Gasteiger partial charge on any atom is -0.494 e. The molecule has 1 aliphatic heterocycles. The molecule has 0 radical (unpaired) electrons. The van der Waals surface area contributed by atoms with Crippen molar-refractivity contribution in [3.05, 3.63) is 70.0 Å². The van der Waals surface area contributed by atoms with Crippen LogP contribution in [0.5, 0.6) is 5.75 Å². The lowest BCUT2D eigenvalue weighted by atomic mass is 9.98. The van der Waals surface area contributed by atoms with Crippen LogP contribution in [0.1, 0.15) is 48.3 Å². The van der Waals surface area contributed by atoms with Gasteiger partial charge in [0.2, 0.25) is 5.82 Å². The second kappa shape index (κ2) is 9.22. The second-order valence-electron chi connectivity index (χ2n) is 7.30. The van der Waals surface area contributed by atoms with E-state index in [1.807, 2.05) is 0 Å². The molecule has 7 nitrogen and oxygen atoms in total. The average Bonchev–Trinajstić information content (AvgIpc) is 3.18. The highest BCUT2D eigenvalue weighted by atomic mass is 35.5. The Bertz CT molecular complexity index is 1230. The van der Waals surface area contributed by atoms with E-state index in [-0.39, 0.29) is 40.0 Å². The predicted molar refractivity (Wildman–Crippen MR) is 111 cm³/mol. The van der Waals surface area contributed by atoms with Crippen LogP contribution >= 0.6 is 11.6 Å². The molecule has 12 heteroatoms. The number of benzene rings is 2. The summed E-state index contributed by atoms with van der Waals surface area (Å²) in [6.07, 6.45) is -7.96. The van der Waals surface area contributed by atoms with Crippen molar-refractivity contribution in [2.75, 3.05) is 13.7 Å². The highest BCUT2D eigenvalue weighted by Gasteiger charge is 2.44. The van der Waals surface area contributed by atoms with Crippen LogP contribution in [-0.4, -0.2) is 34.5 Å². The van der Waals surface area contributed by atoms with Crippen LogP contribution < -0.4 is 4.74 Å². The van der Waals surface area contributed by atoms with Gasteiger partial charge in [-0.05, 0) is 31.2 Å². The summed E-state index contributed by atoms with van der Waals surface area (Å²) in [6.45, 7) is 1.64. The number of nitrogens with zero attached hydrogens (tertiary/aromatic N) is 3. The molecule has 34 heavy (non-hydrogen) atoms. The van der Waals surface area contributed by atoms with Crippen LogP contribution in [-0.2, 0) is 20.4 Å². The first-order valence-electron chi connectivity index (χ1n) is 10.1. The molecule has 180 valence electrons. The van der Waals surface area contributed by atoms with Crippen LogP contribution in [0.15, 0.2) is 36.4 Å². The van der Waals surface area contributed by atoms with Crippen LogP contribution in [0.4, 0.5) is 17.6 Å². The second-order valence-corrected chi connectivity index (χ2v) is 7.73. The van der Waals surface area contributed by atoms with Gasteiger partial charge < -0.3 is 14.2 Å². The highest BCUT2D eigenvalue weighted by molar-refractivity contribution is 6.30. The molecule has 0 N–H and O–H groups in total. The normalized spacial score (nSPS) is 17.5. The Morgan fingerprint density at radius 2 is 1.97 bits per heavy atom. The van der Waals surface area contributed by atoms with E-state index in [1.165, 1.54) is 43.5 Å². The van der Waals surface area contributed by atoms with E-state index < -0.39 is 42.4 Å². The van der Waals surface area contributed by atoms with Crippen molar-refractivity contribution in [3.63, 3.8) is 0 Å². The van der Waals surface area contributed by atoms with Crippen molar-refractivity contribution in [2.45, 2.75) is 31.7 Å². The number of alkyl halides is 3. The minimum atomic E-state index is -4.88. The fraction of sp³-hybridized carbons (Fsp3) is 0.318. The summed E-state index contributed by atoms with van der Waals surface area (Å²) in [5.74, 6) is -3.20. The number of esters is 1. The first kappa shape index (κ1) is 24.0. The van der Waals surface area contributed by atoms with Crippen LogP contribution in [0.3, 0.4) is 0 Å². The molecule has 0 aliphatic carbocycles. The zero-order valence-corrected chi connectivity index (χ0v) is 18.7. The third-order valence-corrected chi connectivity index (χ3v) is 5.43. The van der Waals surface area contributed by atoms with Crippen molar-refractivity contribution in [1.29, 1.82) is 0 Å². The van der Waals surface area contributed by atoms with Crippen molar-refractivity contribution in [1.82, 2.24) is 14.8 Å². The molecule has 1 aromatic heterocycles. The predicted octanol–water partition coefficient (Wildman–Crippen LogP) is 5.20. The zero-order chi connectivity index (χ0) is 24.6. The van der Waals surface area contributed by atoms with Gasteiger partial charge in [-0.15, -0.1) is 10.2 Å². The number of methoxy groups -OCH3 is 1. The molecule has 0 amide bonds. The summed E-state index contributed by atoms with van der Waals surface area (Å²) in [6, 6.07) is 8.40. The van der Waals surface area contributed by atoms with Gasteiger partial charge in [-0.3, -0.25) is 9.36 Å². The standard InChI is InChI=1S/C22H18ClF4N3O4/c1-3-33-17(31)10-16-20-28-29-21(22(25,26)27)30(20)14-8-7-11(23)9-13(14)19(34-16)12-5-4-6-15(32-2)18(12)24/h4-9,16,19H,3,10H2,1-2H3. The molecule has 4 rings (SSSR count). The first-order chi connectivity index (χ1) is 16.2. The van der Waals surface area contributed by atoms with Crippen molar-refractivity contribution < 1.29 is 36.6 Å². The van der Waals surface area contributed by atoms with E-state index in [0.717, 1.165) is 4.57 Å². The molecule has 3 aromatic rings. The Kier molecular flexibility index (Phi) is 6.50. The Labute approximate surface area is 196 Å². The Morgan fingerprint density at radius 3 is 2.65 bits per heavy atom. The number of hydrogen-bond acceptors (Lipinski definition) is 6. The molecular weight excluding hydrogens is 482 g/mol. The fourth-order valence-corrected chi connectivity index (χ4v) is 3.98. The number of carbonyl (C=O) groups is 1. The van der Waals surface area contributed by atoms with Gasteiger partial charge in [0.05, 0.1) is 25.8 Å². The third kappa shape index (κ3) is 4.32. The van der Waals surface area contributed by atoms with Crippen molar-refractivity contribution >= 4 is 17.6 Å². The number of hydrogen-bond donors (Lipinski definition) is 0. The molecule has 2 aromatic carbocycles. The largest absolute Gasteiger partial charge is 0.494 e. The van der Waals surface area contributed by atoms with Crippen LogP contribution in [0, 0.1) is 5.82 Å². The maximum Gasteiger partial charge on any atom is 0.452 e. The van der Waals surface area contributed by atoms with E-state index >= 15 is 4.39 Å². The van der Waals surface area contributed by atoms with E-state index in [1.54, 1.807) is 6.92 Å². The summed E-state index contributed by atoms with van der Waals surface area (Å²) in [5, 5.41) is 7.18. The van der Waals surface area contributed by atoms with E-state index in [9.17, 15) is 18.0 Å². The average molecular weight is 500 g/mol. The Morgan fingerprint density at radius 1 is 1.21 bits per heavy atom. The van der Waals surface area contributed by atoms with Gasteiger partial charge in [-0.2, -0.15) is 13.2 Å². The number of ether oxygens (including phenoxy) is 3. The van der Waals surface area contributed by atoms with Gasteiger partial charge in [0.1, 0.15) is 12.2 Å². The molecule has 2 heterocycles. The number of aromatic nitrogens is 3. The highest BCUT2D eigenvalue weighted by Crippen LogP contribution is 2.45. The van der Waals surface area contributed by atoms with Gasteiger partial charge >= 0.3 is 12.1 Å². The maximum atomic E-state index is 15.3. The smallest absolute Gasteiger partial charge is 0.452 e. The van der Waals surface area contributed by atoms with Gasteiger partial charge in [0, 0.05) is 16.1 Å². The first-order valence-corrected chi connectivity index (χ1v) is 10.5. The number of rotatable bonds is 5. The molecule has 0 saturated heterocycles. The summed E-state index contributed by atoms with van der Waals surface area (Å²) in [5.41, 5.74) is 0.0804. The van der Waals surface area contributed by atoms with E-state index in [0.29, 0.717) is 0 Å². The Hall–Kier alpha value is -3.18. The van der Waals surface area contributed by atoms with Crippen molar-refractivity contribution in [2.24, 2.45) is 0 Å². The van der Waals surface area contributed by atoms with E-state index in [2.05, 4.69) is 10.2 Å². The molecule has 2 unspecified atom stereocenters. The summed E-state index contributed by atoms with van der Waals surface area (Å²) in [7, 11) is 1.28. The van der Waals surface area contributed by atoms with Gasteiger partial charge in [-0.1, -0.05) is 23.7 Å². The monoisotopic (exact) mass is 499 g/mol. The van der Waals surface area contributed by atoms with Crippen LogP contribution in [0.2, 0.25) is 5.02 Å². The zero-order valence-electron chi connectivity index (χ0n) is 17.9. The van der Waals surface area contributed by atoms with Gasteiger partial charge in [0.15, 0.2) is 17.4 Å². The van der Waals surface area contributed by atoms with Crippen molar-refractivity contribution in [3.8, 4) is 11.4 Å². The quantitative estimate of drug-likeness (QED) is 0.355. The van der Waals surface area contributed by atoms with Crippen LogP contribution in [0.25, 0.3) is 5.69 Å². The third-order valence-electron chi connectivity index (χ3n) is 5.20. The lowest BCUT2D eigenvalue weighted by molar-refractivity contribution is -0.147. The van der Waals surface area contributed by atoms with Gasteiger partial charge in [-0.25, -0.2) is 4.39 Å². The summed E-state index contributed by atoms with van der Waals surface area (Å²) >= 11 is 6.16. The summed E-state index contributed by atoms with van der Waals surface area (Å²) < 4.78 is 73.7. The number of halogens is 5. The molecular formula is C22H18ClF4N3O4. The summed E-state index contributed by atoms with van der Waals surface area (Å²) in [4.78, 5) is 12.3. The van der Waals surface area contributed by atoms with Gasteiger partial charge in [0.25, 0.3) is 0 Å². The maximum absolute atomic E-state index is 15.3. The molecule has 0 saturated carbocycles. The number of fused-ring (bicyclic) bond motifs is 3. The molecule has 0 fully saturated rings. The lowest BCUT2D eigenvalue weighted by Crippen LogP contribution is -2.18. The SMILES string of the molecule is CCOC(=O)CC1OC(c2cccc(OC)c2F)c2cc(Cl)ccc2-n2c1nnc2C(F)(F)F. The molecule has 0 bridgehead atoms. The van der Waals surface area contributed by atoms with E-state index in [4.69, 9.17) is 25.8 Å². The molecule has 2 atom stereocenters. The Balaban J connectivity index is 1.98. The fourth-order valence-electron chi connectivity index (χ4n) is 3.80. The molecule has 0 spiro atoms. The number of carbonyl (C=O) groups excluding carboxylic acids is 1. The lowest BCUT2D eigenvalue weighted by Gasteiger charge is -2.23. The minimum absolute atomic E-state index is 0.0182. The molecule has 1 aliphatic rings. The topological polar surface area (TPSA) is 75.5 Å².